The smallest absolute Gasteiger partial charge is 0.248 e. The molecule has 2 N–H and O–H groups in total. The quantitative estimate of drug-likeness (QED) is 0.917. The Labute approximate surface area is 118 Å². The lowest BCUT2D eigenvalue weighted by Gasteiger charge is -2.34. The van der Waals surface area contributed by atoms with Crippen molar-refractivity contribution in [2.75, 3.05) is 19.8 Å². The molecule has 1 amide bonds. The van der Waals surface area contributed by atoms with Gasteiger partial charge in [-0.2, -0.15) is 0 Å². The van der Waals surface area contributed by atoms with Gasteiger partial charge < -0.3 is 5.73 Å². The molecule has 1 aliphatic carbocycles. The molecule has 0 aromatic heterocycles. The minimum absolute atomic E-state index is 0.253. The second-order valence-corrected chi connectivity index (χ2v) is 5.82. The topological polar surface area (TPSA) is 46.3 Å². The van der Waals surface area contributed by atoms with E-state index in [2.05, 4.69) is 11.0 Å². The third-order valence-electron chi connectivity index (χ3n) is 4.78. The van der Waals surface area contributed by atoms with Crippen molar-refractivity contribution in [2.24, 2.45) is 5.73 Å². The van der Waals surface area contributed by atoms with E-state index < -0.39 is 0 Å². The number of carbonyl (C=O) groups excluding carboxylic acids is 1. The van der Waals surface area contributed by atoms with Crippen molar-refractivity contribution in [1.29, 1.82) is 0 Å². The molecule has 2 atom stereocenters. The number of amides is 1. The fourth-order valence-electron chi connectivity index (χ4n) is 3.97. The molecule has 0 radical (unpaired) electrons. The van der Waals surface area contributed by atoms with Gasteiger partial charge in [-0.25, -0.2) is 0 Å². The summed E-state index contributed by atoms with van der Waals surface area (Å²) in [7, 11) is 0. The molecule has 0 saturated carbocycles. The van der Waals surface area contributed by atoms with Gasteiger partial charge >= 0.3 is 0 Å². The standard InChI is InChI=1S/C16H21FN2O/c17-8-2-9-19-10-7-12-14(19)6-5-11-3-1-4-13(15(11)12)16(18)20/h1,3-4,12,14H,2,5-10H2,(H2,18,20)/t12-,14-/m1/s1. The van der Waals surface area contributed by atoms with E-state index in [0.29, 0.717) is 23.9 Å². The minimum Gasteiger partial charge on any atom is -0.366 e. The predicted octanol–water partition coefficient (Wildman–Crippen LogP) is 2.25. The van der Waals surface area contributed by atoms with E-state index in [4.69, 9.17) is 5.73 Å². The van der Waals surface area contributed by atoms with Crippen LogP contribution in [0.25, 0.3) is 0 Å². The van der Waals surface area contributed by atoms with Gasteiger partial charge in [-0.3, -0.25) is 14.1 Å². The third-order valence-corrected chi connectivity index (χ3v) is 4.78. The minimum atomic E-state index is -0.329. The van der Waals surface area contributed by atoms with Crippen LogP contribution in [0.2, 0.25) is 0 Å². The normalized spacial score (nSPS) is 25.2. The SMILES string of the molecule is NC(=O)c1cccc2c1[C@@H]1CCN(CCCF)[C@@H]1CC2. The Kier molecular flexibility index (Phi) is 3.74. The maximum Gasteiger partial charge on any atom is 0.248 e. The van der Waals surface area contributed by atoms with Crippen molar-refractivity contribution < 1.29 is 9.18 Å². The van der Waals surface area contributed by atoms with E-state index in [9.17, 15) is 9.18 Å². The van der Waals surface area contributed by atoms with Crippen molar-refractivity contribution >= 4 is 5.91 Å². The largest absolute Gasteiger partial charge is 0.366 e. The number of likely N-dealkylation sites (tertiary alicyclic amines) is 1. The highest BCUT2D eigenvalue weighted by Gasteiger charge is 2.39. The molecule has 0 spiro atoms. The molecule has 1 fully saturated rings. The molecule has 20 heavy (non-hydrogen) atoms. The maximum atomic E-state index is 12.4. The molecular weight excluding hydrogens is 255 g/mol. The van der Waals surface area contributed by atoms with Gasteiger partial charge in [0.2, 0.25) is 5.91 Å². The number of halogens is 1. The number of nitrogens with two attached hydrogens (primary N) is 1. The van der Waals surface area contributed by atoms with Crippen molar-refractivity contribution in [1.82, 2.24) is 4.90 Å². The molecular formula is C16H21FN2O. The summed E-state index contributed by atoms with van der Waals surface area (Å²) in [6.07, 6.45) is 3.75. The average molecular weight is 276 g/mol. The summed E-state index contributed by atoms with van der Waals surface area (Å²) in [6, 6.07) is 6.33. The number of hydrogen-bond acceptors (Lipinski definition) is 2. The summed E-state index contributed by atoms with van der Waals surface area (Å²) in [5.41, 5.74) is 8.66. The molecule has 1 aliphatic heterocycles. The number of nitrogens with zero attached hydrogens (tertiary/aromatic N) is 1. The van der Waals surface area contributed by atoms with E-state index in [1.807, 2.05) is 12.1 Å². The van der Waals surface area contributed by atoms with Crippen LogP contribution in [0.5, 0.6) is 0 Å². The zero-order valence-electron chi connectivity index (χ0n) is 11.6. The maximum absolute atomic E-state index is 12.4. The first kappa shape index (κ1) is 13.6. The first-order chi connectivity index (χ1) is 9.72. The molecule has 3 rings (SSSR count). The van der Waals surface area contributed by atoms with Gasteiger partial charge in [-0.1, -0.05) is 12.1 Å². The van der Waals surface area contributed by atoms with Gasteiger partial charge in [0.15, 0.2) is 0 Å². The second-order valence-electron chi connectivity index (χ2n) is 5.82. The summed E-state index contributed by atoms with van der Waals surface area (Å²) in [6.45, 7) is 1.57. The fourth-order valence-corrected chi connectivity index (χ4v) is 3.97. The molecule has 1 aromatic carbocycles. The van der Waals surface area contributed by atoms with Crippen LogP contribution in [0.15, 0.2) is 18.2 Å². The summed E-state index contributed by atoms with van der Waals surface area (Å²) in [4.78, 5) is 14.1. The zero-order chi connectivity index (χ0) is 14.1. The number of carbonyl (C=O) groups is 1. The summed E-state index contributed by atoms with van der Waals surface area (Å²) in [5.74, 6) is 0.0618. The third kappa shape index (κ3) is 2.22. The van der Waals surface area contributed by atoms with Crippen LogP contribution >= 0.6 is 0 Å². The van der Waals surface area contributed by atoms with Crippen molar-refractivity contribution in [3.05, 3.63) is 34.9 Å². The second kappa shape index (κ2) is 5.52. The summed E-state index contributed by atoms with van der Waals surface area (Å²) in [5, 5.41) is 0. The Hall–Kier alpha value is -1.42. The van der Waals surface area contributed by atoms with Crippen LogP contribution in [-0.4, -0.2) is 36.6 Å². The van der Waals surface area contributed by atoms with Gasteiger partial charge in [-0.15, -0.1) is 0 Å². The van der Waals surface area contributed by atoms with Crippen LogP contribution in [-0.2, 0) is 6.42 Å². The van der Waals surface area contributed by atoms with E-state index >= 15 is 0 Å². The van der Waals surface area contributed by atoms with E-state index in [1.165, 1.54) is 11.1 Å². The lowest BCUT2D eigenvalue weighted by Crippen LogP contribution is -2.36. The molecule has 1 aromatic rings. The van der Waals surface area contributed by atoms with E-state index in [0.717, 1.165) is 32.4 Å². The molecule has 3 nitrogen and oxygen atoms in total. The number of fused-ring (bicyclic) bond motifs is 3. The van der Waals surface area contributed by atoms with Gasteiger partial charge in [-0.05, 0) is 49.4 Å². The van der Waals surface area contributed by atoms with Gasteiger partial charge in [0.05, 0.1) is 6.67 Å². The van der Waals surface area contributed by atoms with Gasteiger partial charge in [0.25, 0.3) is 0 Å². The zero-order valence-corrected chi connectivity index (χ0v) is 11.6. The predicted molar refractivity (Wildman–Crippen MR) is 76.6 cm³/mol. The van der Waals surface area contributed by atoms with Crippen LogP contribution in [0.4, 0.5) is 4.39 Å². The highest BCUT2D eigenvalue weighted by molar-refractivity contribution is 5.95. The lowest BCUT2D eigenvalue weighted by atomic mass is 9.77. The highest BCUT2D eigenvalue weighted by Crippen LogP contribution is 2.42. The number of hydrogen-bond donors (Lipinski definition) is 1. The number of benzene rings is 1. The first-order valence-corrected chi connectivity index (χ1v) is 7.44. The van der Waals surface area contributed by atoms with Crippen molar-refractivity contribution in [3.63, 3.8) is 0 Å². The Morgan fingerprint density at radius 3 is 3.00 bits per heavy atom. The Morgan fingerprint density at radius 2 is 2.25 bits per heavy atom. The molecule has 0 bridgehead atoms. The number of rotatable bonds is 4. The number of aryl methyl sites for hydroxylation is 1. The summed E-state index contributed by atoms with van der Waals surface area (Å²) >= 11 is 0. The number of primary amides is 1. The molecule has 2 aliphatic rings. The van der Waals surface area contributed by atoms with Crippen LogP contribution in [0, 0.1) is 0 Å². The van der Waals surface area contributed by atoms with Crippen LogP contribution in [0.1, 0.15) is 46.7 Å². The monoisotopic (exact) mass is 276 g/mol. The molecule has 1 saturated heterocycles. The van der Waals surface area contributed by atoms with Gasteiger partial charge in [0, 0.05) is 24.1 Å². The molecule has 108 valence electrons. The van der Waals surface area contributed by atoms with E-state index in [-0.39, 0.29) is 12.6 Å². The van der Waals surface area contributed by atoms with Crippen LogP contribution < -0.4 is 5.73 Å². The van der Waals surface area contributed by atoms with Crippen molar-refractivity contribution in [2.45, 2.75) is 37.6 Å². The molecule has 0 unspecified atom stereocenters. The fraction of sp³-hybridized carbons (Fsp3) is 0.562. The lowest BCUT2D eigenvalue weighted by molar-refractivity contribution is 0.0998. The van der Waals surface area contributed by atoms with E-state index in [1.54, 1.807) is 0 Å². The number of alkyl halides is 1. The van der Waals surface area contributed by atoms with Crippen molar-refractivity contribution in [3.8, 4) is 0 Å². The molecule has 4 heteroatoms. The molecule has 1 heterocycles. The summed E-state index contributed by atoms with van der Waals surface area (Å²) < 4.78 is 12.4. The highest BCUT2D eigenvalue weighted by atomic mass is 19.1. The Morgan fingerprint density at radius 1 is 1.40 bits per heavy atom. The van der Waals surface area contributed by atoms with Gasteiger partial charge in [0.1, 0.15) is 0 Å². The first-order valence-electron chi connectivity index (χ1n) is 7.44. The van der Waals surface area contributed by atoms with Crippen LogP contribution in [0.3, 0.4) is 0 Å². The average Bonchev–Trinajstić information content (AvgIpc) is 2.87. The Bertz CT molecular complexity index is 517. The Balaban J connectivity index is 1.91.